The molecule has 0 bridgehead atoms. The van der Waals surface area contributed by atoms with Crippen LogP contribution in [-0.4, -0.2) is 17.7 Å². The van der Waals surface area contributed by atoms with Crippen LogP contribution in [0.3, 0.4) is 0 Å². The summed E-state index contributed by atoms with van der Waals surface area (Å²) >= 11 is 0. The van der Waals surface area contributed by atoms with Crippen LogP contribution >= 0.6 is 0 Å². The largest absolute Gasteiger partial charge is 0.383 e. The zero-order valence-electron chi connectivity index (χ0n) is 7.49. The van der Waals surface area contributed by atoms with Crippen molar-refractivity contribution in [1.29, 1.82) is 0 Å². The highest BCUT2D eigenvalue weighted by molar-refractivity contribution is 6.11. The molecule has 0 aliphatic carbocycles. The SMILES string of the molecule is Cc1cc(C2=CCN=C2)cnc1N. The molecule has 3 nitrogen and oxygen atoms in total. The Balaban J connectivity index is 2.42. The molecule has 0 amide bonds. The fourth-order valence-electron chi connectivity index (χ4n) is 1.29. The third-order valence-electron chi connectivity index (χ3n) is 2.10. The zero-order valence-corrected chi connectivity index (χ0v) is 7.49. The van der Waals surface area contributed by atoms with E-state index >= 15 is 0 Å². The van der Waals surface area contributed by atoms with Gasteiger partial charge >= 0.3 is 0 Å². The summed E-state index contributed by atoms with van der Waals surface area (Å²) in [5.74, 6) is 0.597. The quantitative estimate of drug-likeness (QED) is 0.698. The van der Waals surface area contributed by atoms with Gasteiger partial charge in [0.15, 0.2) is 0 Å². The average molecular weight is 173 g/mol. The third kappa shape index (κ3) is 1.45. The lowest BCUT2D eigenvalue weighted by atomic mass is 10.1. The first-order chi connectivity index (χ1) is 6.27. The van der Waals surface area contributed by atoms with E-state index in [2.05, 4.69) is 16.1 Å². The Bertz CT molecular complexity index is 391. The topological polar surface area (TPSA) is 51.3 Å². The van der Waals surface area contributed by atoms with E-state index in [9.17, 15) is 0 Å². The van der Waals surface area contributed by atoms with Crippen LogP contribution in [-0.2, 0) is 0 Å². The molecule has 0 spiro atoms. The van der Waals surface area contributed by atoms with Gasteiger partial charge < -0.3 is 5.73 Å². The summed E-state index contributed by atoms with van der Waals surface area (Å²) in [6.07, 6.45) is 5.73. The molecule has 2 heterocycles. The van der Waals surface area contributed by atoms with E-state index in [4.69, 9.17) is 5.73 Å². The van der Waals surface area contributed by atoms with Crippen molar-refractivity contribution in [2.45, 2.75) is 6.92 Å². The van der Waals surface area contributed by atoms with Gasteiger partial charge in [0.1, 0.15) is 5.82 Å². The predicted octanol–water partition coefficient (Wildman–Crippen LogP) is 1.44. The van der Waals surface area contributed by atoms with Gasteiger partial charge in [0, 0.05) is 18.0 Å². The van der Waals surface area contributed by atoms with Gasteiger partial charge in [-0.25, -0.2) is 4.98 Å². The molecule has 0 unspecified atom stereocenters. The van der Waals surface area contributed by atoms with Gasteiger partial charge in [-0.3, -0.25) is 4.99 Å². The van der Waals surface area contributed by atoms with Crippen LogP contribution in [0.4, 0.5) is 5.82 Å². The van der Waals surface area contributed by atoms with E-state index in [1.807, 2.05) is 19.2 Å². The fourth-order valence-corrected chi connectivity index (χ4v) is 1.29. The summed E-state index contributed by atoms with van der Waals surface area (Å²) < 4.78 is 0. The van der Waals surface area contributed by atoms with E-state index in [1.165, 1.54) is 0 Å². The summed E-state index contributed by atoms with van der Waals surface area (Å²) in [6, 6.07) is 2.03. The van der Waals surface area contributed by atoms with Gasteiger partial charge in [-0.15, -0.1) is 0 Å². The second-order valence-electron chi connectivity index (χ2n) is 3.08. The lowest BCUT2D eigenvalue weighted by molar-refractivity contribution is 1.26. The van der Waals surface area contributed by atoms with Gasteiger partial charge in [-0.05, 0) is 24.1 Å². The maximum atomic E-state index is 5.62. The van der Waals surface area contributed by atoms with Crippen LogP contribution in [0, 0.1) is 6.92 Å². The smallest absolute Gasteiger partial charge is 0.126 e. The Morgan fingerprint density at radius 1 is 1.46 bits per heavy atom. The molecule has 1 aromatic heterocycles. The molecule has 0 saturated carbocycles. The second-order valence-corrected chi connectivity index (χ2v) is 3.08. The number of aromatic nitrogens is 1. The lowest BCUT2D eigenvalue weighted by Crippen LogP contribution is -1.95. The van der Waals surface area contributed by atoms with Crippen molar-refractivity contribution in [2.75, 3.05) is 12.3 Å². The minimum atomic E-state index is 0.597. The van der Waals surface area contributed by atoms with Crippen molar-refractivity contribution in [1.82, 2.24) is 4.98 Å². The number of nitrogen functional groups attached to an aromatic ring is 1. The molecule has 3 heteroatoms. The molecule has 0 fully saturated rings. The minimum absolute atomic E-state index is 0.597. The summed E-state index contributed by atoms with van der Waals surface area (Å²) in [5.41, 5.74) is 8.86. The van der Waals surface area contributed by atoms with Crippen LogP contribution in [0.25, 0.3) is 5.57 Å². The standard InChI is InChI=1S/C10H11N3/c1-7-4-9(6-13-10(7)11)8-2-3-12-5-8/h2,4-6H,3H2,1H3,(H2,11,13). The average Bonchev–Trinajstić information content (AvgIpc) is 2.62. The summed E-state index contributed by atoms with van der Waals surface area (Å²) in [5, 5.41) is 0. The van der Waals surface area contributed by atoms with Crippen molar-refractivity contribution < 1.29 is 0 Å². The number of nitrogens with zero attached hydrogens (tertiary/aromatic N) is 2. The van der Waals surface area contributed by atoms with E-state index in [1.54, 1.807) is 6.20 Å². The molecule has 1 aromatic rings. The summed E-state index contributed by atoms with van der Waals surface area (Å²) in [7, 11) is 0. The molecule has 66 valence electrons. The Morgan fingerprint density at radius 2 is 2.31 bits per heavy atom. The predicted molar refractivity (Wildman–Crippen MR) is 54.7 cm³/mol. The molecule has 0 atom stereocenters. The van der Waals surface area contributed by atoms with E-state index < -0.39 is 0 Å². The van der Waals surface area contributed by atoms with Gasteiger partial charge in [0.05, 0.1) is 6.54 Å². The highest BCUT2D eigenvalue weighted by atomic mass is 14.8. The minimum Gasteiger partial charge on any atom is -0.383 e. The van der Waals surface area contributed by atoms with Crippen molar-refractivity contribution in [2.24, 2.45) is 4.99 Å². The highest BCUT2D eigenvalue weighted by Gasteiger charge is 2.04. The van der Waals surface area contributed by atoms with Gasteiger partial charge in [-0.2, -0.15) is 0 Å². The maximum absolute atomic E-state index is 5.62. The molecule has 0 saturated heterocycles. The van der Waals surface area contributed by atoms with Crippen LogP contribution < -0.4 is 5.73 Å². The Labute approximate surface area is 77.0 Å². The lowest BCUT2D eigenvalue weighted by Gasteiger charge is -2.02. The number of aryl methyl sites for hydroxylation is 1. The molecular formula is C10H11N3. The monoisotopic (exact) mass is 173 g/mol. The van der Waals surface area contributed by atoms with Crippen molar-refractivity contribution in [3.05, 3.63) is 29.5 Å². The molecule has 13 heavy (non-hydrogen) atoms. The van der Waals surface area contributed by atoms with Crippen molar-refractivity contribution in [3.8, 4) is 0 Å². The van der Waals surface area contributed by atoms with Crippen LogP contribution in [0.1, 0.15) is 11.1 Å². The Morgan fingerprint density at radius 3 is 2.92 bits per heavy atom. The number of rotatable bonds is 1. The Hall–Kier alpha value is -1.64. The summed E-state index contributed by atoms with van der Waals surface area (Å²) in [4.78, 5) is 8.22. The van der Waals surface area contributed by atoms with Crippen molar-refractivity contribution in [3.63, 3.8) is 0 Å². The van der Waals surface area contributed by atoms with E-state index in [0.29, 0.717) is 5.82 Å². The molecule has 2 N–H and O–H groups in total. The van der Waals surface area contributed by atoms with Crippen LogP contribution in [0.2, 0.25) is 0 Å². The number of nitrogens with two attached hydrogens (primary N) is 1. The van der Waals surface area contributed by atoms with E-state index in [-0.39, 0.29) is 0 Å². The molecule has 1 aliphatic heterocycles. The summed E-state index contributed by atoms with van der Waals surface area (Å²) in [6.45, 7) is 2.73. The number of allylic oxidation sites excluding steroid dienone is 1. The highest BCUT2D eigenvalue weighted by Crippen LogP contribution is 2.18. The fraction of sp³-hybridized carbons (Fsp3) is 0.200. The van der Waals surface area contributed by atoms with Gasteiger partial charge in [0.2, 0.25) is 0 Å². The van der Waals surface area contributed by atoms with Crippen LogP contribution in [0.5, 0.6) is 0 Å². The van der Waals surface area contributed by atoms with Crippen LogP contribution in [0.15, 0.2) is 23.3 Å². The first-order valence-electron chi connectivity index (χ1n) is 4.20. The molecular weight excluding hydrogens is 162 g/mol. The number of anilines is 1. The first kappa shape index (κ1) is 7.98. The normalized spacial score (nSPS) is 14.7. The van der Waals surface area contributed by atoms with Gasteiger partial charge in [0.25, 0.3) is 0 Å². The number of aliphatic imine (C=N–C) groups is 1. The number of hydrogen-bond acceptors (Lipinski definition) is 3. The third-order valence-corrected chi connectivity index (χ3v) is 2.10. The zero-order chi connectivity index (χ0) is 9.26. The molecule has 0 radical (unpaired) electrons. The van der Waals surface area contributed by atoms with Gasteiger partial charge in [-0.1, -0.05) is 6.08 Å². The number of hydrogen-bond donors (Lipinski definition) is 1. The van der Waals surface area contributed by atoms with E-state index in [0.717, 1.165) is 23.2 Å². The number of pyridine rings is 1. The maximum Gasteiger partial charge on any atom is 0.126 e. The Kier molecular flexibility index (Phi) is 1.85. The van der Waals surface area contributed by atoms with Crippen molar-refractivity contribution >= 4 is 17.6 Å². The molecule has 2 rings (SSSR count). The molecule has 1 aliphatic rings. The second kappa shape index (κ2) is 3.01. The molecule has 0 aromatic carbocycles. The first-order valence-corrected chi connectivity index (χ1v) is 4.20.